The van der Waals surface area contributed by atoms with Crippen LogP contribution in [0.25, 0.3) is 10.9 Å². The molecule has 0 amide bonds. The van der Waals surface area contributed by atoms with Gasteiger partial charge in [0, 0.05) is 23.2 Å². The zero-order chi connectivity index (χ0) is 22.4. The summed E-state index contributed by atoms with van der Waals surface area (Å²) >= 11 is 0. The maximum absolute atomic E-state index is 12.5. The van der Waals surface area contributed by atoms with Gasteiger partial charge in [-0.3, -0.25) is 14.3 Å². The molecule has 164 valence electrons. The molecule has 7 heteroatoms. The molecule has 0 atom stereocenters. The van der Waals surface area contributed by atoms with Gasteiger partial charge in [-0.2, -0.15) is 5.10 Å². The molecule has 3 aromatic rings. The van der Waals surface area contributed by atoms with Gasteiger partial charge in [0.2, 0.25) is 0 Å². The van der Waals surface area contributed by atoms with Gasteiger partial charge in [-0.05, 0) is 39.3 Å². The molecule has 1 heterocycles. The summed E-state index contributed by atoms with van der Waals surface area (Å²) in [5.74, 6) is -0.135. The summed E-state index contributed by atoms with van der Waals surface area (Å²) in [6.45, 7) is 7.95. The fourth-order valence-electron chi connectivity index (χ4n) is 3.11. The fourth-order valence-corrected chi connectivity index (χ4v) is 3.11. The molecule has 0 saturated heterocycles. The minimum atomic E-state index is -0.573. The molecule has 0 aliphatic carbocycles. The van der Waals surface area contributed by atoms with Crippen LogP contribution in [0.4, 0.5) is 0 Å². The van der Waals surface area contributed by atoms with Crippen LogP contribution < -0.4 is 4.74 Å². The monoisotopic (exact) mass is 424 g/mol. The maximum atomic E-state index is 12.5. The standard InChI is InChI=1S/C24H28N2O5/c1-5-29-23(28)15-26-14-19-11-18(12-22(27)31-24(2,3)4)21(13-20(19)25-26)30-16-17-9-7-6-8-10-17/h6-11,13-14H,5,12,15-16H2,1-4H3. The normalized spacial score (nSPS) is 11.4. The van der Waals surface area contributed by atoms with Crippen molar-refractivity contribution in [3.8, 4) is 5.75 Å². The van der Waals surface area contributed by atoms with Crippen molar-refractivity contribution in [2.75, 3.05) is 6.61 Å². The second-order valence-corrected chi connectivity index (χ2v) is 8.19. The Labute approximate surface area is 181 Å². The molecule has 0 bridgehead atoms. The number of aromatic nitrogens is 2. The number of rotatable bonds is 8. The lowest BCUT2D eigenvalue weighted by Crippen LogP contribution is -2.25. The van der Waals surface area contributed by atoms with Crippen LogP contribution in [0.3, 0.4) is 0 Å². The number of hydrogen-bond acceptors (Lipinski definition) is 6. The molecule has 0 fully saturated rings. The third-order valence-corrected chi connectivity index (χ3v) is 4.32. The molecule has 7 nitrogen and oxygen atoms in total. The summed E-state index contributed by atoms with van der Waals surface area (Å²) in [6, 6.07) is 13.4. The summed E-state index contributed by atoms with van der Waals surface area (Å²) in [6.07, 6.45) is 1.83. The van der Waals surface area contributed by atoms with Crippen molar-refractivity contribution in [1.82, 2.24) is 9.78 Å². The highest BCUT2D eigenvalue weighted by molar-refractivity contribution is 5.84. The van der Waals surface area contributed by atoms with Gasteiger partial charge in [-0.1, -0.05) is 30.3 Å². The van der Waals surface area contributed by atoms with Crippen LogP contribution in [0.5, 0.6) is 5.75 Å². The number of esters is 2. The molecular weight excluding hydrogens is 396 g/mol. The molecule has 3 rings (SSSR count). The second kappa shape index (κ2) is 9.64. The van der Waals surface area contributed by atoms with E-state index in [2.05, 4.69) is 5.10 Å². The molecule has 0 unspecified atom stereocenters. The van der Waals surface area contributed by atoms with Crippen molar-refractivity contribution < 1.29 is 23.8 Å². The number of ether oxygens (including phenoxy) is 3. The van der Waals surface area contributed by atoms with Crippen molar-refractivity contribution in [3.05, 3.63) is 59.8 Å². The highest BCUT2D eigenvalue weighted by atomic mass is 16.6. The van der Waals surface area contributed by atoms with Gasteiger partial charge in [-0.25, -0.2) is 0 Å². The van der Waals surface area contributed by atoms with Gasteiger partial charge in [0.15, 0.2) is 0 Å². The van der Waals surface area contributed by atoms with Crippen molar-refractivity contribution in [2.45, 2.75) is 52.9 Å². The zero-order valence-corrected chi connectivity index (χ0v) is 18.4. The van der Waals surface area contributed by atoms with Crippen LogP contribution in [0.2, 0.25) is 0 Å². The Balaban J connectivity index is 1.88. The first-order valence-electron chi connectivity index (χ1n) is 10.3. The fraction of sp³-hybridized carbons (Fsp3) is 0.375. The number of carbonyl (C=O) groups excluding carboxylic acids is 2. The molecular formula is C24H28N2O5. The Morgan fingerprint density at radius 3 is 2.48 bits per heavy atom. The minimum Gasteiger partial charge on any atom is -0.489 e. The van der Waals surface area contributed by atoms with Crippen LogP contribution in [0, 0.1) is 0 Å². The smallest absolute Gasteiger partial charge is 0.327 e. The van der Waals surface area contributed by atoms with Gasteiger partial charge >= 0.3 is 11.9 Å². The van der Waals surface area contributed by atoms with E-state index < -0.39 is 5.60 Å². The van der Waals surface area contributed by atoms with Crippen molar-refractivity contribution in [2.24, 2.45) is 0 Å². The minimum absolute atomic E-state index is 0.0180. The topological polar surface area (TPSA) is 79.7 Å². The Morgan fingerprint density at radius 2 is 1.81 bits per heavy atom. The molecule has 1 aromatic heterocycles. The number of benzene rings is 2. The van der Waals surface area contributed by atoms with E-state index in [9.17, 15) is 9.59 Å². The Morgan fingerprint density at radius 1 is 1.06 bits per heavy atom. The van der Waals surface area contributed by atoms with E-state index in [4.69, 9.17) is 14.2 Å². The lowest BCUT2D eigenvalue weighted by atomic mass is 10.1. The summed E-state index contributed by atoms with van der Waals surface area (Å²) < 4.78 is 18.0. The lowest BCUT2D eigenvalue weighted by molar-refractivity contribution is -0.154. The Hall–Kier alpha value is -3.35. The molecule has 0 spiro atoms. The second-order valence-electron chi connectivity index (χ2n) is 8.19. The van der Waals surface area contributed by atoms with E-state index >= 15 is 0 Å². The highest BCUT2D eigenvalue weighted by Crippen LogP contribution is 2.28. The first-order chi connectivity index (χ1) is 14.7. The van der Waals surface area contributed by atoms with E-state index in [-0.39, 0.29) is 24.9 Å². The number of nitrogens with zero attached hydrogens (tertiary/aromatic N) is 2. The third-order valence-electron chi connectivity index (χ3n) is 4.32. The van der Waals surface area contributed by atoms with E-state index in [0.717, 1.165) is 10.9 Å². The molecule has 0 N–H and O–H groups in total. The first kappa shape index (κ1) is 22.3. The van der Waals surface area contributed by atoms with E-state index in [1.165, 1.54) is 4.68 Å². The molecule has 0 aliphatic heterocycles. The van der Waals surface area contributed by atoms with Gasteiger partial charge in [-0.15, -0.1) is 0 Å². The van der Waals surface area contributed by atoms with Gasteiger partial charge in [0.1, 0.15) is 24.5 Å². The maximum Gasteiger partial charge on any atom is 0.327 e. The predicted octanol–water partition coefficient (Wildman–Crippen LogP) is 4.06. The van der Waals surface area contributed by atoms with Crippen LogP contribution in [0.15, 0.2) is 48.7 Å². The van der Waals surface area contributed by atoms with E-state index in [0.29, 0.717) is 30.0 Å². The number of carbonyl (C=O) groups is 2. The van der Waals surface area contributed by atoms with Crippen LogP contribution in [0.1, 0.15) is 38.8 Å². The van der Waals surface area contributed by atoms with Gasteiger partial charge in [0.05, 0.1) is 18.5 Å². The van der Waals surface area contributed by atoms with E-state index in [1.807, 2.05) is 57.2 Å². The summed E-state index contributed by atoms with van der Waals surface area (Å²) in [4.78, 5) is 24.2. The average Bonchev–Trinajstić information content (AvgIpc) is 3.06. The number of hydrogen-bond donors (Lipinski definition) is 0. The van der Waals surface area contributed by atoms with Gasteiger partial charge < -0.3 is 14.2 Å². The van der Waals surface area contributed by atoms with Gasteiger partial charge in [0.25, 0.3) is 0 Å². The largest absolute Gasteiger partial charge is 0.489 e. The zero-order valence-electron chi connectivity index (χ0n) is 18.4. The molecule has 2 aromatic carbocycles. The first-order valence-corrected chi connectivity index (χ1v) is 10.3. The molecule has 31 heavy (non-hydrogen) atoms. The van der Waals surface area contributed by atoms with Crippen LogP contribution in [-0.4, -0.2) is 33.9 Å². The van der Waals surface area contributed by atoms with Crippen molar-refractivity contribution in [3.63, 3.8) is 0 Å². The Kier molecular flexibility index (Phi) is 6.95. The summed E-state index contributed by atoms with van der Waals surface area (Å²) in [5.41, 5.74) is 1.81. The Bertz CT molecular complexity index is 1050. The van der Waals surface area contributed by atoms with E-state index in [1.54, 1.807) is 19.2 Å². The predicted molar refractivity (Wildman–Crippen MR) is 117 cm³/mol. The third kappa shape index (κ3) is 6.57. The molecule has 0 aliphatic rings. The molecule has 0 radical (unpaired) electrons. The lowest BCUT2D eigenvalue weighted by Gasteiger charge is -2.20. The highest BCUT2D eigenvalue weighted by Gasteiger charge is 2.19. The summed E-state index contributed by atoms with van der Waals surface area (Å²) in [7, 11) is 0. The molecule has 0 saturated carbocycles. The summed E-state index contributed by atoms with van der Waals surface area (Å²) in [5, 5.41) is 5.25. The van der Waals surface area contributed by atoms with Crippen molar-refractivity contribution in [1.29, 1.82) is 0 Å². The van der Waals surface area contributed by atoms with Crippen LogP contribution in [-0.2, 0) is 38.6 Å². The van der Waals surface area contributed by atoms with Crippen LogP contribution >= 0.6 is 0 Å². The quantitative estimate of drug-likeness (QED) is 0.507. The SMILES string of the molecule is CCOC(=O)Cn1cc2cc(CC(=O)OC(C)(C)C)c(OCc3ccccc3)cc2n1. The number of fused-ring (bicyclic) bond motifs is 1. The average molecular weight is 424 g/mol. The van der Waals surface area contributed by atoms with Crippen molar-refractivity contribution >= 4 is 22.8 Å².